The minimum Gasteiger partial charge on any atom is -0.377 e. The van der Waals surface area contributed by atoms with Crippen molar-refractivity contribution in [3.05, 3.63) is 23.0 Å². The summed E-state index contributed by atoms with van der Waals surface area (Å²) >= 11 is 0. The first kappa shape index (κ1) is 36.2. The summed E-state index contributed by atoms with van der Waals surface area (Å²) in [6.45, 7) is 3.52. The molecule has 3 fully saturated rings. The van der Waals surface area contributed by atoms with Crippen LogP contribution in [0.3, 0.4) is 0 Å². The van der Waals surface area contributed by atoms with Gasteiger partial charge in [-0.25, -0.2) is 16.8 Å². The van der Waals surface area contributed by atoms with Gasteiger partial charge >= 0.3 is 40.3 Å². The predicted molar refractivity (Wildman–Crippen MR) is 152 cm³/mol. The van der Waals surface area contributed by atoms with Crippen molar-refractivity contribution in [3.63, 3.8) is 0 Å². The molecule has 0 saturated heterocycles. The fourth-order valence-electron chi connectivity index (χ4n) is 6.49. The van der Waals surface area contributed by atoms with Crippen molar-refractivity contribution in [3.8, 4) is 0 Å². The first-order valence-corrected chi connectivity index (χ1v) is 19.3. The number of allylic oxidation sites excluding steroid dienone is 3. The van der Waals surface area contributed by atoms with Gasteiger partial charge in [0.05, 0.1) is 0 Å². The Bertz CT molecular complexity index is 1360. The van der Waals surface area contributed by atoms with Crippen LogP contribution in [0.4, 0.5) is 22.0 Å². The highest BCUT2D eigenvalue weighted by atomic mass is 32.3. The fourth-order valence-corrected chi connectivity index (χ4v) is 10.4. The van der Waals surface area contributed by atoms with E-state index in [0.29, 0.717) is 36.8 Å². The molecular weight excluding hydrogens is 641 g/mol. The monoisotopic (exact) mass is 683 g/mol. The van der Waals surface area contributed by atoms with Crippen molar-refractivity contribution in [2.24, 2.45) is 23.7 Å². The lowest BCUT2D eigenvalue weighted by molar-refractivity contribution is -0.0441. The van der Waals surface area contributed by atoms with E-state index in [1.54, 1.807) is 6.92 Å². The Balaban J connectivity index is 2.13. The molecule has 3 saturated carbocycles. The molecule has 0 radical (unpaired) electrons. The molecule has 0 spiro atoms. The normalized spacial score (nSPS) is 23.1. The highest BCUT2D eigenvalue weighted by Crippen LogP contribution is 2.43. The fraction of sp³-hybridized carbons (Fsp3) is 0.852. The van der Waals surface area contributed by atoms with Crippen LogP contribution in [-0.2, 0) is 34.3 Å². The molecule has 3 rings (SSSR count). The second-order valence-corrected chi connectivity index (χ2v) is 17.6. The van der Waals surface area contributed by atoms with Gasteiger partial charge in [0.15, 0.2) is 0 Å². The molecule has 1 atom stereocenters. The summed E-state index contributed by atoms with van der Waals surface area (Å²) in [5.41, 5.74) is -5.57. The number of rotatable bonds is 11. The molecule has 1 unspecified atom stereocenters. The smallest absolute Gasteiger partial charge is 0.377 e. The van der Waals surface area contributed by atoms with Gasteiger partial charge in [-0.3, -0.25) is 0 Å². The Kier molecular flexibility index (Phi) is 11.8. The number of alkyl halides is 5. The zero-order valence-electron chi connectivity index (χ0n) is 24.5. The largest absolute Gasteiger partial charge is 0.512 e. The highest BCUT2D eigenvalue weighted by Gasteiger charge is 2.64. The van der Waals surface area contributed by atoms with Gasteiger partial charge in [0.2, 0.25) is 0 Å². The number of halogens is 5. The van der Waals surface area contributed by atoms with Crippen molar-refractivity contribution in [1.29, 1.82) is 0 Å². The summed E-state index contributed by atoms with van der Waals surface area (Å²) < 4.78 is 141. The standard InChI is InChI=1S/C27H42F5NO7S3/c1-19(21-12-6-3-7-13-21)18-24(23-16-10-5-11-17-23)25(20(2)22-14-8-4-9-15-22)40-43(38,39)27(31,32)42(36,37)33-41(34,35)26(28,29)30/h18-19,21-23,33H,3-17H2,1-2H3/b24-18-,25-20-. The molecule has 3 aliphatic carbocycles. The van der Waals surface area contributed by atoms with Gasteiger partial charge in [0.25, 0.3) is 0 Å². The lowest BCUT2D eigenvalue weighted by Gasteiger charge is -2.32. The van der Waals surface area contributed by atoms with E-state index in [-0.39, 0.29) is 27.8 Å². The maximum atomic E-state index is 15.2. The third-order valence-electron chi connectivity index (χ3n) is 9.04. The zero-order valence-corrected chi connectivity index (χ0v) is 26.9. The molecule has 16 heteroatoms. The van der Waals surface area contributed by atoms with Crippen LogP contribution in [0.1, 0.15) is 110 Å². The molecule has 8 nitrogen and oxygen atoms in total. The molecule has 0 aromatic carbocycles. The molecule has 0 bridgehead atoms. The number of sulfonamides is 2. The van der Waals surface area contributed by atoms with E-state index in [2.05, 4.69) is 0 Å². The molecule has 0 aromatic heterocycles. The van der Waals surface area contributed by atoms with E-state index in [0.717, 1.165) is 70.6 Å². The molecule has 1 N–H and O–H groups in total. The molecule has 3 aliphatic rings. The first-order chi connectivity index (χ1) is 19.8. The molecule has 43 heavy (non-hydrogen) atoms. The minimum absolute atomic E-state index is 0.0828. The third kappa shape index (κ3) is 8.51. The quantitative estimate of drug-likeness (QED) is 0.106. The molecule has 0 amide bonds. The first-order valence-electron chi connectivity index (χ1n) is 14.9. The summed E-state index contributed by atoms with van der Waals surface area (Å²) in [4.78, 5) is 0. The molecule has 0 aliphatic heterocycles. The lowest BCUT2D eigenvalue weighted by Crippen LogP contribution is -2.50. The predicted octanol–water partition coefficient (Wildman–Crippen LogP) is 7.23. The highest BCUT2D eigenvalue weighted by molar-refractivity contribution is 8.12. The topological polar surface area (TPSA) is 124 Å². The van der Waals surface area contributed by atoms with Gasteiger partial charge in [0.1, 0.15) is 5.76 Å². The van der Waals surface area contributed by atoms with Gasteiger partial charge in [-0.2, -0.15) is 30.4 Å². The van der Waals surface area contributed by atoms with Crippen molar-refractivity contribution in [2.75, 3.05) is 0 Å². The summed E-state index contributed by atoms with van der Waals surface area (Å²) in [7, 11) is -20.5. The second kappa shape index (κ2) is 14.0. The maximum Gasteiger partial charge on any atom is 0.512 e. The van der Waals surface area contributed by atoms with Crippen LogP contribution in [0.5, 0.6) is 0 Å². The van der Waals surface area contributed by atoms with Crippen LogP contribution in [0.25, 0.3) is 0 Å². The Labute approximate surface area is 252 Å². The number of hydrogen-bond donors (Lipinski definition) is 1. The van der Waals surface area contributed by atoms with Crippen molar-refractivity contribution in [1.82, 2.24) is 4.13 Å². The van der Waals surface area contributed by atoms with Crippen LogP contribution < -0.4 is 4.13 Å². The third-order valence-corrected chi connectivity index (χ3v) is 14.3. The van der Waals surface area contributed by atoms with Gasteiger partial charge < -0.3 is 4.18 Å². The van der Waals surface area contributed by atoms with Crippen LogP contribution in [0.2, 0.25) is 0 Å². The Morgan fingerprint density at radius 1 is 0.721 bits per heavy atom. The van der Waals surface area contributed by atoms with Crippen LogP contribution in [0.15, 0.2) is 23.0 Å². The number of hydrogen-bond acceptors (Lipinski definition) is 7. The average Bonchev–Trinajstić information content (AvgIpc) is 2.94. The summed E-state index contributed by atoms with van der Waals surface area (Å²) in [5, 5.41) is 0. The summed E-state index contributed by atoms with van der Waals surface area (Å²) in [6, 6.07) is 0. The zero-order chi connectivity index (χ0) is 32.3. The Morgan fingerprint density at radius 2 is 1.16 bits per heavy atom. The molecule has 0 heterocycles. The van der Waals surface area contributed by atoms with Gasteiger partial charge in [-0.05, 0) is 80.3 Å². The minimum atomic E-state index is -6.99. The Hall–Kier alpha value is -1.26. The van der Waals surface area contributed by atoms with E-state index in [9.17, 15) is 38.4 Å². The van der Waals surface area contributed by atoms with Gasteiger partial charge in [0, 0.05) is 0 Å². The summed E-state index contributed by atoms with van der Waals surface area (Å²) in [6.07, 6.45) is 14.4. The molecule has 0 aromatic rings. The van der Waals surface area contributed by atoms with Gasteiger partial charge in [-0.1, -0.05) is 74.9 Å². The summed E-state index contributed by atoms with van der Waals surface area (Å²) in [5.74, 6) is -0.739. The van der Waals surface area contributed by atoms with E-state index < -0.39 is 46.0 Å². The van der Waals surface area contributed by atoms with E-state index in [4.69, 9.17) is 4.18 Å². The van der Waals surface area contributed by atoms with Crippen molar-refractivity contribution >= 4 is 30.2 Å². The molecular formula is C27H42F5NO7S3. The lowest BCUT2D eigenvalue weighted by atomic mass is 9.75. The van der Waals surface area contributed by atoms with Crippen LogP contribution in [-0.4, -0.2) is 35.3 Å². The van der Waals surface area contributed by atoms with Crippen molar-refractivity contribution < 1.29 is 51.4 Å². The van der Waals surface area contributed by atoms with Gasteiger partial charge in [-0.15, -0.1) is 0 Å². The maximum absolute atomic E-state index is 15.2. The van der Waals surface area contributed by atoms with Crippen molar-refractivity contribution in [2.45, 2.75) is 120 Å². The molecule has 250 valence electrons. The number of nitrogens with one attached hydrogen (secondary N) is 1. The van der Waals surface area contributed by atoms with E-state index >= 15 is 8.78 Å². The van der Waals surface area contributed by atoms with E-state index in [1.165, 1.54) is 0 Å². The van der Waals surface area contributed by atoms with Crippen LogP contribution >= 0.6 is 0 Å². The van der Waals surface area contributed by atoms with E-state index in [1.807, 2.05) is 13.0 Å². The second-order valence-electron chi connectivity index (χ2n) is 12.1. The van der Waals surface area contributed by atoms with Crippen LogP contribution in [0, 0.1) is 23.7 Å². The Morgan fingerprint density at radius 3 is 1.63 bits per heavy atom. The SMILES string of the molecule is C/C(=C(OS(=O)(=O)C(F)(F)S(=O)(=O)NS(=O)(=O)C(F)(F)F)\C(=C/C(C)C1CCCCC1)C1CCCCC1)C1CCCCC1. The average molecular weight is 684 g/mol.